The Bertz CT molecular complexity index is 673. The Balaban J connectivity index is 2.26. The Labute approximate surface area is 121 Å². The average Bonchev–Trinajstić information content (AvgIpc) is 2.68. The molecule has 0 saturated heterocycles. The first-order chi connectivity index (χ1) is 8.76. The van der Waals surface area contributed by atoms with Gasteiger partial charge in [-0.3, -0.25) is 0 Å². The summed E-state index contributed by atoms with van der Waals surface area (Å²) in [5.74, 6) is 0.546. The van der Waals surface area contributed by atoms with Gasteiger partial charge in [0.15, 0.2) is 0 Å². The van der Waals surface area contributed by atoms with Gasteiger partial charge in [0.1, 0.15) is 15.7 Å². The predicted octanol–water partition coefficient (Wildman–Crippen LogP) is 2.30. The molecule has 8 heteroatoms. The molecule has 1 aromatic carbocycles. The van der Waals surface area contributed by atoms with Crippen LogP contribution in [-0.2, 0) is 9.84 Å². The first-order valence-corrected chi connectivity index (χ1v) is 8.36. The lowest BCUT2D eigenvalue weighted by atomic mass is 10.2. The third-order valence-corrected chi connectivity index (χ3v) is 4.39. The normalized spacial score (nSPS) is 13.9. The fourth-order valence-electron chi connectivity index (χ4n) is 1.68. The second-order valence-corrected chi connectivity index (χ2v) is 7.50. The molecule has 1 aromatic heterocycles. The molecule has 2 aromatic rings. The lowest BCUT2D eigenvalue weighted by molar-refractivity contribution is 0.588. The molecular formula is C11H13Cl2N3O2S. The van der Waals surface area contributed by atoms with Gasteiger partial charge in [-0.05, 0) is 18.6 Å². The van der Waals surface area contributed by atoms with Crippen molar-refractivity contribution in [2.45, 2.75) is 12.5 Å². The topological polar surface area (TPSA) is 88.8 Å². The molecule has 0 bridgehead atoms. The number of nitrogens with zero attached hydrogens (tertiary/aromatic N) is 1. The van der Waals surface area contributed by atoms with Crippen LogP contribution in [0.2, 0.25) is 10.0 Å². The molecule has 3 N–H and O–H groups in total. The van der Waals surface area contributed by atoms with E-state index in [9.17, 15) is 8.42 Å². The van der Waals surface area contributed by atoms with E-state index in [-0.39, 0.29) is 5.75 Å². The van der Waals surface area contributed by atoms with Crippen LogP contribution in [0.4, 0.5) is 0 Å². The summed E-state index contributed by atoms with van der Waals surface area (Å²) >= 11 is 11.8. The molecule has 0 spiro atoms. The number of sulfone groups is 1. The van der Waals surface area contributed by atoms with Crippen LogP contribution in [-0.4, -0.2) is 30.4 Å². The lowest BCUT2D eigenvalue weighted by Gasteiger charge is -2.06. The number of hydrogen-bond acceptors (Lipinski definition) is 4. The average molecular weight is 322 g/mol. The molecule has 0 radical (unpaired) electrons. The molecule has 0 amide bonds. The van der Waals surface area contributed by atoms with Crippen LogP contribution in [0.15, 0.2) is 12.1 Å². The van der Waals surface area contributed by atoms with Crippen LogP contribution in [0, 0.1) is 0 Å². The Hall–Kier alpha value is -0.820. The number of halogens is 2. The van der Waals surface area contributed by atoms with Crippen molar-refractivity contribution in [3.05, 3.63) is 28.0 Å². The second-order valence-electron chi connectivity index (χ2n) is 4.43. The maximum Gasteiger partial charge on any atom is 0.147 e. The number of nitrogens with one attached hydrogen (secondary N) is 1. The van der Waals surface area contributed by atoms with Gasteiger partial charge in [0.05, 0.1) is 32.9 Å². The number of fused-ring (bicyclic) bond motifs is 1. The monoisotopic (exact) mass is 321 g/mol. The fourth-order valence-corrected chi connectivity index (χ4v) is 2.68. The van der Waals surface area contributed by atoms with Crippen molar-refractivity contribution in [1.29, 1.82) is 0 Å². The third-order valence-electron chi connectivity index (χ3n) is 2.69. The highest BCUT2D eigenvalue weighted by Gasteiger charge is 2.15. The van der Waals surface area contributed by atoms with Crippen molar-refractivity contribution in [3.8, 4) is 0 Å². The SMILES string of the molecule is CS(=O)(=O)CCC(N)c1nc2cc(Cl)c(Cl)cc2[nH]1. The molecule has 1 atom stereocenters. The Morgan fingerprint density at radius 2 is 2.00 bits per heavy atom. The zero-order valence-electron chi connectivity index (χ0n) is 10.2. The maximum absolute atomic E-state index is 11.1. The van der Waals surface area contributed by atoms with Crippen LogP contribution < -0.4 is 5.73 Å². The van der Waals surface area contributed by atoms with Gasteiger partial charge in [0, 0.05) is 6.26 Å². The van der Waals surface area contributed by atoms with Crippen molar-refractivity contribution < 1.29 is 8.42 Å². The van der Waals surface area contributed by atoms with Crippen LogP contribution in [0.3, 0.4) is 0 Å². The Kier molecular flexibility index (Phi) is 4.06. The molecule has 1 unspecified atom stereocenters. The largest absolute Gasteiger partial charge is 0.341 e. The number of imidazole rings is 1. The quantitative estimate of drug-likeness (QED) is 0.904. The number of aromatic nitrogens is 2. The highest BCUT2D eigenvalue weighted by atomic mass is 35.5. The molecule has 0 aliphatic carbocycles. The summed E-state index contributed by atoms with van der Waals surface area (Å²) in [5, 5.41) is 0.839. The molecule has 0 saturated carbocycles. The summed E-state index contributed by atoms with van der Waals surface area (Å²) in [6, 6.07) is 2.83. The smallest absolute Gasteiger partial charge is 0.147 e. The van der Waals surface area contributed by atoms with Crippen molar-refractivity contribution in [3.63, 3.8) is 0 Å². The van der Waals surface area contributed by atoms with Crippen molar-refractivity contribution in [1.82, 2.24) is 9.97 Å². The number of benzene rings is 1. The van der Waals surface area contributed by atoms with Gasteiger partial charge in [-0.2, -0.15) is 0 Å². The molecule has 2 rings (SSSR count). The molecule has 0 fully saturated rings. The summed E-state index contributed by atoms with van der Waals surface area (Å²) in [5.41, 5.74) is 7.29. The van der Waals surface area contributed by atoms with Gasteiger partial charge in [0.2, 0.25) is 0 Å². The van der Waals surface area contributed by atoms with E-state index in [0.717, 1.165) is 5.52 Å². The fraction of sp³-hybridized carbons (Fsp3) is 0.364. The highest BCUT2D eigenvalue weighted by molar-refractivity contribution is 7.90. The van der Waals surface area contributed by atoms with Gasteiger partial charge in [-0.25, -0.2) is 13.4 Å². The van der Waals surface area contributed by atoms with E-state index in [1.807, 2.05) is 0 Å². The highest BCUT2D eigenvalue weighted by Crippen LogP contribution is 2.27. The Morgan fingerprint density at radius 3 is 2.63 bits per heavy atom. The summed E-state index contributed by atoms with van der Waals surface area (Å²) in [4.78, 5) is 7.32. The van der Waals surface area contributed by atoms with E-state index in [1.54, 1.807) is 12.1 Å². The zero-order valence-corrected chi connectivity index (χ0v) is 12.5. The summed E-state index contributed by atoms with van der Waals surface area (Å²) in [6.45, 7) is 0. The predicted molar refractivity (Wildman–Crippen MR) is 77.4 cm³/mol. The summed E-state index contributed by atoms with van der Waals surface area (Å²) in [7, 11) is -3.03. The van der Waals surface area contributed by atoms with Crippen molar-refractivity contribution in [2.24, 2.45) is 5.73 Å². The molecule has 104 valence electrons. The standard InChI is InChI=1S/C11H13Cl2N3O2S/c1-19(17,18)3-2-8(14)11-15-9-4-6(12)7(13)5-10(9)16-11/h4-5,8H,2-3,14H2,1H3,(H,15,16). The first-order valence-electron chi connectivity index (χ1n) is 5.54. The van der Waals surface area contributed by atoms with Crippen LogP contribution in [0.1, 0.15) is 18.3 Å². The number of rotatable bonds is 4. The van der Waals surface area contributed by atoms with Crippen molar-refractivity contribution in [2.75, 3.05) is 12.0 Å². The number of nitrogens with two attached hydrogens (primary N) is 1. The summed E-state index contributed by atoms with van der Waals surface area (Å²) in [6.07, 6.45) is 1.48. The van der Waals surface area contributed by atoms with Gasteiger partial charge >= 0.3 is 0 Å². The van der Waals surface area contributed by atoms with E-state index in [1.165, 1.54) is 6.26 Å². The second kappa shape index (κ2) is 5.28. The van der Waals surface area contributed by atoms with Gasteiger partial charge in [-0.1, -0.05) is 23.2 Å². The maximum atomic E-state index is 11.1. The number of aromatic amines is 1. The van der Waals surface area contributed by atoms with Gasteiger partial charge < -0.3 is 10.7 Å². The van der Waals surface area contributed by atoms with Crippen molar-refractivity contribution >= 4 is 44.1 Å². The summed E-state index contributed by atoms with van der Waals surface area (Å²) < 4.78 is 22.2. The minimum atomic E-state index is -3.03. The molecule has 5 nitrogen and oxygen atoms in total. The van der Waals surface area contributed by atoms with E-state index < -0.39 is 15.9 Å². The lowest BCUT2D eigenvalue weighted by Crippen LogP contribution is -2.16. The van der Waals surface area contributed by atoms with E-state index >= 15 is 0 Å². The minimum absolute atomic E-state index is 0.0206. The molecule has 1 heterocycles. The van der Waals surface area contributed by atoms with E-state index in [2.05, 4.69) is 9.97 Å². The number of hydrogen-bond donors (Lipinski definition) is 2. The zero-order chi connectivity index (χ0) is 14.2. The molecular weight excluding hydrogens is 309 g/mol. The minimum Gasteiger partial charge on any atom is -0.341 e. The van der Waals surface area contributed by atoms with Gasteiger partial charge in [0.25, 0.3) is 0 Å². The Morgan fingerprint density at radius 1 is 1.37 bits per heavy atom. The number of H-pyrrole nitrogens is 1. The van der Waals surface area contributed by atoms with Crippen LogP contribution >= 0.6 is 23.2 Å². The van der Waals surface area contributed by atoms with Crippen LogP contribution in [0.5, 0.6) is 0 Å². The molecule has 19 heavy (non-hydrogen) atoms. The molecule has 0 aliphatic heterocycles. The van der Waals surface area contributed by atoms with Gasteiger partial charge in [-0.15, -0.1) is 0 Å². The third kappa shape index (κ3) is 3.60. The van der Waals surface area contributed by atoms with Crippen LogP contribution in [0.25, 0.3) is 11.0 Å². The first kappa shape index (κ1) is 14.6. The van der Waals surface area contributed by atoms with E-state index in [4.69, 9.17) is 28.9 Å². The molecule has 0 aliphatic rings. The van der Waals surface area contributed by atoms with E-state index in [0.29, 0.717) is 27.8 Å².